The van der Waals surface area contributed by atoms with Gasteiger partial charge in [-0.25, -0.2) is 4.79 Å². The van der Waals surface area contributed by atoms with Crippen LogP contribution >= 0.6 is 0 Å². The van der Waals surface area contributed by atoms with Gasteiger partial charge in [-0.2, -0.15) is 0 Å². The summed E-state index contributed by atoms with van der Waals surface area (Å²) < 4.78 is 10.8. The third kappa shape index (κ3) is 2.49. The molecule has 6 heteroatoms. The fraction of sp³-hybridized carbons (Fsp3) is 0.850. The number of epoxide rings is 1. The zero-order valence-corrected chi connectivity index (χ0v) is 15.8. The van der Waals surface area contributed by atoms with Crippen LogP contribution < -0.4 is 0 Å². The average Bonchev–Trinajstić information content (AvgIpc) is 3.23. The van der Waals surface area contributed by atoms with E-state index in [0.29, 0.717) is 31.4 Å². The highest BCUT2D eigenvalue weighted by molar-refractivity contribution is 5.91. The van der Waals surface area contributed by atoms with Gasteiger partial charge in [0.15, 0.2) is 0 Å². The van der Waals surface area contributed by atoms with Gasteiger partial charge in [0.25, 0.3) is 0 Å². The Kier molecular flexibility index (Phi) is 4.09. The van der Waals surface area contributed by atoms with E-state index >= 15 is 0 Å². The average molecular weight is 366 g/mol. The van der Waals surface area contributed by atoms with Crippen LogP contribution in [0, 0.1) is 22.7 Å². The van der Waals surface area contributed by atoms with E-state index < -0.39 is 24.3 Å². The van der Waals surface area contributed by atoms with Crippen LogP contribution in [0.25, 0.3) is 0 Å². The summed E-state index contributed by atoms with van der Waals surface area (Å²) in [5, 5.41) is 31.5. The second kappa shape index (κ2) is 5.77. The number of aliphatic hydroxyl groups excluding tert-OH is 3. The Morgan fingerprint density at radius 2 is 1.92 bits per heavy atom. The summed E-state index contributed by atoms with van der Waals surface area (Å²) in [7, 11) is 0. The molecule has 2 saturated carbocycles. The van der Waals surface area contributed by atoms with Crippen molar-refractivity contribution in [2.75, 3.05) is 13.2 Å². The molecule has 0 aromatic rings. The number of rotatable bonds is 2. The van der Waals surface area contributed by atoms with Crippen molar-refractivity contribution in [3.63, 3.8) is 0 Å². The molecule has 0 aromatic heterocycles. The summed E-state index contributed by atoms with van der Waals surface area (Å²) in [6.45, 7) is 6.93. The Hall–Kier alpha value is -0.950. The predicted octanol–water partition coefficient (Wildman–Crippen LogP) is 1.17. The van der Waals surface area contributed by atoms with Crippen LogP contribution in [0.1, 0.15) is 46.5 Å². The zero-order chi connectivity index (χ0) is 18.9. The van der Waals surface area contributed by atoms with Crippen LogP contribution in [0.3, 0.4) is 0 Å². The normalized spacial score (nSPS) is 51.4. The quantitative estimate of drug-likeness (QED) is 0.385. The molecule has 0 amide bonds. The number of hydrogen-bond donors (Lipinski definition) is 3. The van der Waals surface area contributed by atoms with Crippen LogP contribution in [0.5, 0.6) is 0 Å². The van der Waals surface area contributed by atoms with E-state index in [4.69, 9.17) is 9.47 Å². The fourth-order valence-corrected chi connectivity index (χ4v) is 6.40. The molecule has 6 nitrogen and oxygen atoms in total. The number of fused-ring (bicyclic) bond motifs is 1. The van der Waals surface area contributed by atoms with E-state index in [2.05, 4.69) is 6.92 Å². The summed E-state index contributed by atoms with van der Waals surface area (Å²) in [6.07, 6.45) is 2.67. The maximum Gasteiger partial charge on any atom is 0.336 e. The van der Waals surface area contributed by atoms with Crippen LogP contribution in [-0.4, -0.2) is 58.4 Å². The Bertz CT molecular complexity index is 636. The van der Waals surface area contributed by atoms with Crippen molar-refractivity contribution < 1.29 is 29.6 Å². The first-order valence-corrected chi connectivity index (χ1v) is 9.67. The van der Waals surface area contributed by atoms with Crippen LogP contribution in [0.2, 0.25) is 0 Å². The van der Waals surface area contributed by atoms with E-state index in [1.165, 1.54) is 0 Å². The molecule has 0 aromatic carbocycles. The summed E-state index contributed by atoms with van der Waals surface area (Å²) in [5.74, 6) is -0.360. The van der Waals surface area contributed by atoms with Gasteiger partial charge in [-0.1, -0.05) is 26.8 Å². The monoisotopic (exact) mass is 366 g/mol. The Labute approximate surface area is 154 Å². The van der Waals surface area contributed by atoms with Gasteiger partial charge in [0.05, 0.1) is 30.0 Å². The van der Waals surface area contributed by atoms with E-state index in [1.807, 2.05) is 19.9 Å². The van der Waals surface area contributed by atoms with E-state index in [-0.39, 0.29) is 34.9 Å². The summed E-state index contributed by atoms with van der Waals surface area (Å²) in [6, 6.07) is 0. The van der Waals surface area contributed by atoms with Crippen molar-refractivity contribution in [3.8, 4) is 0 Å². The lowest BCUT2D eigenvalue weighted by atomic mass is 9.44. The molecule has 2 heterocycles. The molecular formula is C20H30O6. The predicted molar refractivity (Wildman–Crippen MR) is 93.1 cm³/mol. The number of esters is 1. The summed E-state index contributed by atoms with van der Waals surface area (Å²) in [5.41, 5.74) is -0.614. The number of carbonyl (C=O) groups is 1. The van der Waals surface area contributed by atoms with Crippen molar-refractivity contribution in [3.05, 3.63) is 11.6 Å². The van der Waals surface area contributed by atoms with E-state index in [9.17, 15) is 20.1 Å². The van der Waals surface area contributed by atoms with Crippen LogP contribution in [-0.2, 0) is 14.3 Å². The molecule has 4 aliphatic rings. The second-order valence-electron chi connectivity index (χ2n) is 9.55. The van der Waals surface area contributed by atoms with Crippen molar-refractivity contribution >= 4 is 5.97 Å². The van der Waals surface area contributed by atoms with Crippen molar-refractivity contribution in [1.82, 2.24) is 0 Å². The van der Waals surface area contributed by atoms with E-state index in [0.717, 1.165) is 6.42 Å². The summed E-state index contributed by atoms with van der Waals surface area (Å²) >= 11 is 0. The number of hydrogen-bond acceptors (Lipinski definition) is 6. The molecule has 146 valence electrons. The van der Waals surface area contributed by atoms with Crippen molar-refractivity contribution in [1.29, 1.82) is 0 Å². The second-order valence-corrected chi connectivity index (χ2v) is 9.55. The maximum absolute atomic E-state index is 11.8. The van der Waals surface area contributed by atoms with Gasteiger partial charge in [0, 0.05) is 6.42 Å². The fourth-order valence-electron chi connectivity index (χ4n) is 6.40. The lowest BCUT2D eigenvalue weighted by Crippen LogP contribution is -2.63. The standard InChI is InChI=1S/C20H30O6/c1-18(2)15(23)6-7-19(3)14(5-4-11-13(22)9-25-17(11)24)20(10-26-20)8-12(21)16(18)19/h4,12-16,21-23H,5-10H2,1-3H3/b11-4-/t12-,13-,14-,15-,16-,19+,20-/m0/s1. The molecule has 4 fully saturated rings. The first-order valence-electron chi connectivity index (χ1n) is 9.67. The highest BCUT2D eigenvalue weighted by atomic mass is 16.6. The third-order valence-electron chi connectivity index (χ3n) is 7.75. The minimum atomic E-state index is -0.860. The minimum Gasteiger partial charge on any atom is -0.459 e. The van der Waals surface area contributed by atoms with Gasteiger partial charge in [-0.15, -0.1) is 0 Å². The number of aliphatic hydroxyl groups is 3. The highest BCUT2D eigenvalue weighted by Crippen LogP contribution is 2.66. The largest absolute Gasteiger partial charge is 0.459 e. The first-order chi connectivity index (χ1) is 12.1. The van der Waals surface area contributed by atoms with Crippen molar-refractivity contribution in [2.45, 2.75) is 70.4 Å². The first kappa shape index (κ1) is 18.4. The van der Waals surface area contributed by atoms with Gasteiger partial charge in [-0.05, 0) is 41.9 Å². The lowest BCUT2D eigenvalue weighted by Gasteiger charge is -2.61. The molecule has 0 bridgehead atoms. The number of cyclic esters (lactones) is 1. The number of ether oxygens (including phenoxy) is 2. The molecular weight excluding hydrogens is 336 g/mol. The molecule has 1 spiro atoms. The zero-order valence-electron chi connectivity index (χ0n) is 15.8. The Morgan fingerprint density at radius 3 is 2.50 bits per heavy atom. The van der Waals surface area contributed by atoms with Gasteiger partial charge < -0.3 is 24.8 Å². The lowest BCUT2D eigenvalue weighted by molar-refractivity contribution is -0.198. The maximum atomic E-state index is 11.8. The van der Waals surface area contributed by atoms with Crippen LogP contribution in [0.15, 0.2) is 11.6 Å². The molecule has 4 rings (SSSR count). The smallest absolute Gasteiger partial charge is 0.336 e. The van der Waals surface area contributed by atoms with Gasteiger partial charge >= 0.3 is 5.97 Å². The molecule has 2 aliphatic carbocycles. The minimum absolute atomic E-state index is 0.0226. The summed E-state index contributed by atoms with van der Waals surface area (Å²) in [4.78, 5) is 11.8. The molecule has 26 heavy (non-hydrogen) atoms. The highest BCUT2D eigenvalue weighted by Gasteiger charge is 2.68. The van der Waals surface area contributed by atoms with Crippen molar-refractivity contribution in [2.24, 2.45) is 22.7 Å². The topological polar surface area (TPSA) is 99.5 Å². The third-order valence-corrected chi connectivity index (χ3v) is 7.75. The Balaban J connectivity index is 1.68. The molecule has 7 atom stereocenters. The molecule has 2 saturated heterocycles. The van der Waals surface area contributed by atoms with Crippen LogP contribution in [0.4, 0.5) is 0 Å². The molecule has 3 N–H and O–H groups in total. The number of carbonyl (C=O) groups excluding carboxylic acids is 1. The molecule has 0 radical (unpaired) electrons. The SMILES string of the molecule is CC1(C)[C@@H](O)CC[C@]2(C)[C@H](C/C=C3\C(=O)OC[C@@H]3O)[C@@]3(CO3)C[C@H](O)[C@@H]12. The van der Waals surface area contributed by atoms with E-state index in [1.54, 1.807) is 0 Å². The van der Waals surface area contributed by atoms with Gasteiger partial charge in [0.1, 0.15) is 12.7 Å². The molecule has 2 aliphatic heterocycles. The molecule has 0 unspecified atom stereocenters. The van der Waals surface area contributed by atoms with Gasteiger partial charge in [0.2, 0.25) is 0 Å². The van der Waals surface area contributed by atoms with Gasteiger partial charge in [-0.3, -0.25) is 0 Å². The number of allylic oxidation sites excluding steroid dienone is 1. The Morgan fingerprint density at radius 1 is 1.23 bits per heavy atom.